The Hall–Kier alpha value is -2.02. The lowest BCUT2D eigenvalue weighted by molar-refractivity contribution is -0.195. The van der Waals surface area contributed by atoms with Crippen LogP contribution in [0.3, 0.4) is 0 Å². The average molecular weight is 387 g/mol. The van der Waals surface area contributed by atoms with Gasteiger partial charge in [-0.25, -0.2) is 0 Å². The molecular weight excluding hydrogens is 369 g/mol. The molecule has 1 heterocycles. The van der Waals surface area contributed by atoms with E-state index in [0.717, 1.165) is 4.90 Å². The van der Waals surface area contributed by atoms with Crippen LogP contribution in [0, 0.1) is 5.92 Å². The summed E-state index contributed by atoms with van der Waals surface area (Å²) in [4.78, 5) is 13.8. The van der Waals surface area contributed by atoms with Crippen molar-refractivity contribution >= 4 is 17.5 Å². The molecular formula is C18H18ClF3N2O2. The van der Waals surface area contributed by atoms with E-state index in [1.807, 2.05) is 0 Å². The number of carbonyl (C=O) groups is 1. The van der Waals surface area contributed by atoms with E-state index >= 15 is 0 Å². The quantitative estimate of drug-likeness (QED) is 0.729. The highest BCUT2D eigenvalue weighted by Crippen LogP contribution is 2.40. The summed E-state index contributed by atoms with van der Waals surface area (Å²) in [5, 5.41) is 4.35. The van der Waals surface area contributed by atoms with E-state index in [-0.39, 0.29) is 12.2 Å². The molecule has 1 amide bonds. The minimum Gasteiger partial charge on any atom is -0.350 e. The number of benzene rings is 1. The summed E-state index contributed by atoms with van der Waals surface area (Å²) in [6, 6.07) is 7.38. The summed E-state index contributed by atoms with van der Waals surface area (Å²) < 4.78 is 45.0. The average Bonchev–Trinajstić information content (AvgIpc) is 3.10. The van der Waals surface area contributed by atoms with E-state index in [1.165, 1.54) is 13.1 Å². The van der Waals surface area contributed by atoms with Gasteiger partial charge in [-0.2, -0.15) is 13.2 Å². The Kier molecular flexibility index (Phi) is 5.27. The molecule has 1 fully saturated rings. The van der Waals surface area contributed by atoms with Gasteiger partial charge in [-0.1, -0.05) is 41.7 Å². The Labute approximate surface area is 153 Å². The fourth-order valence-corrected chi connectivity index (χ4v) is 3.63. The van der Waals surface area contributed by atoms with E-state index in [1.54, 1.807) is 24.3 Å². The number of carbonyl (C=O) groups excluding carboxylic acids is 1. The highest BCUT2D eigenvalue weighted by atomic mass is 35.5. The van der Waals surface area contributed by atoms with Crippen LogP contribution in [0.5, 0.6) is 0 Å². The van der Waals surface area contributed by atoms with Gasteiger partial charge in [0.05, 0.1) is 5.92 Å². The number of hydrogen-bond donors (Lipinski definition) is 0. The van der Waals surface area contributed by atoms with E-state index in [0.29, 0.717) is 35.5 Å². The molecule has 26 heavy (non-hydrogen) atoms. The van der Waals surface area contributed by atoms with E-state index in [9.17, 15) is 18.0 Å². The molecule has 8 heteroatoms. The smallest absolute Gasteiger partial charge is 0.350 e. The Morgan fingerprint density at radius 3 is 2.69 bits per heavy atom. The Morgan fingerprint density at radius 1 is 1.27 bits per heavy atom. The van der Waals surface area contributed by atoms with Crippen molar-refractivity contribution in [3.8, 4) is 11.3 Å². The second kappa shape index (κ2) is 7.31. The molecule has 4 nitrogen and oxygen atoms in total. The van der Waals surface area contributed by atoms with Crippen molar-refractivity contribution in [2.45, 2.75) is 37.9 Å². The third-order valence-corrected chi connectivity index (χ3v) is 5.04. The summed E-state index contributed by atoms with van der Waals surface area (Å²) in [5.41, 5.74) is 1.06. The van der Waals surface area contributed by atoms with Crippen molar-refractivity contribution in [1.82, 2.24) is 10.1 Å². The summed E-state index contributed by atoms with van der Waals surface area (Å²) in [6.07, 6.45) is -2.78. The molecule has 140 valence electrons. The Balaban J connectivity index is 1.80. The minimum atomic E-state index is -4.33. The largest absolute Gasteiger partial charge is 0.393 e. The lowest BCUT2D eigenvalue weighted by atomic mass is 9.83. The zero-order chi connectivity index (χ0) is 18.9. The third-order valence-electron chi connectivity index (χ3n) is 4.81. The van der Waals surface area contributed by atoms with Gasteiger partial charge in [0.2, 0.25) is 5.76 Å². The van der Waals surface area contributed by atoms with Crippen LogP contribution in [-0.2, 0) is 0 Å². The molecule has 0 spiro atoms. The molecule has 0 radical (unpaired) electrons. The molecule has 1 aromatic carbocycles. The molecule has 1 aliphatic carbocycles. The zero-order valence-corrected chi connectivity index (χ0v) is 14.8. The van der Waals surface area contributed by atoms with Crippen LogP contribution in [0.2, 0.25) is 5.02 Å². The number of rotatable bonds is 3. The van der Waals surface area contributed by atoms with Gasteiger partial charge >= 0.3 is 6.18 Å². The van der Waals surface area contributed by atoms with Crippen molar-refractivity contribution < 1.29 is 22.5 Å². The number of halogens is 4. The van der Waals surface area contributed by atoms with Crippen molar-refractivity contribution in [2.24, 2.45) is 5.92 Å². The molecule has 3 rings (SSSR count). The fraction of sp³-hybridized carbons (Fsp3) is 0.444. The van der Waals surface area contributed by atoms with E-state index in [4.69, 9.17) is 16.1 Å². The lowest BCUT2D eigenvalue weighted by Crippen LogP contribution is -2.48. The van der Waals surface area contributed by atoms with Crippen LogP contribution in [-0.4, -0.2) is 35.2 Å². The molecule has 1 saturated carbocycles. The first kappa shape index (κ1) is 18.8. The first-order chi connectivity index (χ1) is 12.3. The second-order valence-corrected chi connectivity index (χ2v) is 6.94. The molecule has 2 atom stereocenters. The summed E-state index contributed by atoms with van der Waals surface area (Å²) in [7, 11) is 1.39. The van der Waals surface area contributed by atoms with Crippen LogP contribution in [0.1, 0.15) is 36.2 Å². The molecule has 0 aliphatic heterocycles. The summed E-state index contributed by atoms with van der Waals surface area (Å²) >= 11 is 5.93. The van der Waals surface area contributed by atoms with Gasteiger partial charge in [-0.3, -0.25) is 4.79 Å². The standard InChI is InChI=1S/C18H18ClF3N2O2/c1-24(15-8-3-2-7-13(15)18(20,21)22)17(25)16-10-14(23-26-16)11-5-4-6-12(19)9-11/h4-6,9-10,13,15H,2-3,7-8H2,1H3/t13-,15+/m1/s1. The zero-order valence-electron chi connectivity index (χ0n) is 14.1. The molecule has 1 aromatic heterocycles. The van der Waals surface area contributed by atoms with Crippen molar-refractivity contribution in [2.75, 3.05) is 7.05 Å². The third kappa shape index (κ3) is 3.87. The minimum absolute atomic E-state index is 0.0377. The van der Waals surface area contributed by atoms with Crippen LogP contribution in [0.25, 0.3) is 11.3 Å². The number of nitrogens with zero attached hydrogens (tertiary/aromatic N) is 2. The SMILES string of the molecule is CN(C(=O)c1cc(-c2cccc(Cl)c2)no1)[C@H]1CCCC[C@H]1C(F)(F)F. The maximum Gasteiger partial charge on any atom is 0.393 e. The van der Waals surface area contributed by atoms with Gasteiger partial charge in [-0.15, -0.1) is 0 Å². The molecule has 1 aliphatic rings. The first-order valence-electron chi connectivity index (χ1n) is 8.34. The van der Waals surface area contributed by atoms with Crippen molar-refractivity contribution in [3.05, 3.63) is 41.1 Å². The van der Waals surface area contributed by atoms with Gasteiger partial charge in [0.15, 0.2) is 0 Å². The lowest BCUT2D eigenvalue weighted by Gasteiger charge is -2.38. The highest BCUT2D eigenvalue weighted by Gasteiger charge is 2.48. The fourth-order valence-electron chi connectivity index (χ4n) is 3.44. The maximum absolute atomic E-state index is 13.3. The monoisotopic (exact) mass is 386 g/mol. The topological polar surface area (TPSA) is 46.3 Å². The van der Waals surface area contributed by atoms with Crippen LogP contribution in [0.4, 0.5) is 13.2 Å². The van der Waals surface area contributed by atoms with Crippen molar-refractivity contribution in [1.29, 1.82) is 0 Å². The predicted octanol–water partition coefficient (Wildman–Crippen LogP) is 5.19. The Bertz CT molecular complexity index is 791. The number of aromatic nitrogens is 1. The van der Waals surface area contributed by atoms with Gasteiger partial charge in [0, 0.05) is 29.7 Å². The normalized spacial score (nSPS) is 20.8. The van der Waals surface area contributed by atoms with Gasteiger partial charge in [0.1, 0.15) is 5.69 Å². The second-order valence-electron chi connectivity index (χ2n) is 6.50. The molecule has 2 aromatic rings. The van der Waals surface area contributed by atoms with Gasteiger partial charge in [0.25, 0.3) is 5.91 Å². The van der Waals surface area contributed by atoms with E-state index in [2.05, 4.69) is 5.16 Å². The van der Waals surface area contributed by atoms with Crippen LogP contribution >= 0.6 is 11.6 Å². The highest BCUT2D eigenvalue weighted by molar-refractivity contribution is 6.30. The van der Waals surface area contributed by atoms with Gasteiger partial charge < -0.3 is 9.42 Å². The van der Waals surface area contributed by atoms with Crippen LogP contribution in [0.15, 0.2) is 34.9 Å². The summed E-state index contributed by atoms with van der Waals surface area (Å²) in [6.45, 7) is 0. The first-order valence-corrected chi connectivity index (χ1v) is 8.71. The summed E-state index contributed by atoms with van der Waals surface area (Å²) in [5.74, 6) is -2.21. The maximum atomic E-state index is 13.3. The van der Waals surface area contributed by atoms with E-state index < -0.39 is 24.0 Å². The molecule has 0 N–H and O–H groups in total. The predicted molar refractivity (Wildman–Crippen MR) is 90.8 cm³/mol. The Morgan fingerprint density at radius 2 is 2.00 bits per heavy atom. The molecule has 0 saturated heterocycles. The number of alkyl halides is 3. The number of hydrogen-bond acceptors (Lipinski definition) is 3. The number of amides is 1. The van der Waals surface area contributed by atoms with Gasteiger partial charge in [-0.05, 0) is 25.0 Å². The van der Waals surface area contributed by atoms with Crippen molar-refractivity contribution in [3.63, 3.8) is 0 Å². The molecule has 0 unspecified atom stereocenters. The molecule has 0 bridgehead atoms. The van der Waals surface area contributed by atoms with Crippen LogP contribution < -0.4 is 0 Å².